The van der Waals surface area contributed by atoms with Gasteiger partial charge in [0.15, 0.2) is 11.6 Å². The first-order chi connectivity index (χ1) is 6.59. The minimum absolute atomic E-state index is 0.283. The quantitative estimate of drug-likeness (QED) is 0.842. The minimum atomic E-state index is -0.346. The van der Waals surface area contributed by atoms with Crippen LogP contribution in [-0.4, -0.2) is 11.5 Å². The van der Waals surface area contributed by atoms with E-state index >= 15 is 0 Å². The van der Waals surface area contributed by atoms with Crippen LogP contribution in [-0.2, 0) is 0 Å². The minimum Gasteiger partial charge on any atom is -0.364 e. The van der Waals surface area contributed by atoms with Gasteiger partial charge in [-0.25, -0.2) is 9.37 Å². The summed E-state index contributed by atoms with van der Waals surface area (Å²) in [6.07, 6.45) is 3.54. The Morgan fingerprint density at radius 3 is 2.93 bits per heavy atom. The number of rotatable bonds is 3. The second-order valence-electron chi connectivity index (χ2n) is 3.15. The highest BCUT2D eigenvalue weighted by molar-refractivity contribution is 9.10. The van der Waals surface area contributed by atoms with Gasteiger partial charge >= 0.3 is 0 Å². The predicted octanol–water partition coefficient (Wildman–Crippen LogP) is 3.36. The summed E-state index contributed by atoms with van der Waals surface area (Å²) in [5, 5.41) is 2.89. The number of nitrogens with zero attached hydrogens (tertiary/aromatic N) is 1. The van der Waals surface area contributed by atoms with Gasteiger partial charge in [0.25, 0.3) is 0 Å². The first-order valence-corrected chi connectivity index (χ1v) is 5.07. The van der Waals surface area contributed by atoms with Crippen LogP contribution >= 0.6 is 15.9 Å². The zero-order chi connectivity index (χ0) is 10.6. The van der Waals surface area contributed by atoms with Gasteiger partial charge in [0.05, 0.1) is 0 Å². The molecule has 0 spiro atoms. The van der Waals surface area contributed by atoms with Gasteiger partial charge in [0, 0.05) is 17.2 Å². The molecule has 1 aromatic heterocycles. The Morgan fingerprint density at radius 1 is 1.64 bits per heavy atom. The van der Waals surface area contributed by atoms with Crippen LogP contribution in [0.5, 0.6) is 0 Å². The third-order valence-electron chi connectivity index (χ3n) is 1.59. The zero-order valence-corrected chi connectivity index (χ0v) is 9.73. The Hall–Kier alpha value is -0.900. The second-order valence-corrected chi connectivity index (χ2v) is 4.06. The van der Waals surface area contributed by atoms with Crippen LogP contribution in [0.15, 0.2) is 28.4 Å². The Kier molecular flexibility index (Phi) is 4.07. The van der Waals surface area contributed by atoms with Gasteiger partial charge in [-0.15, -0.1) is 0 Å². The SMILES string of the molecule is CC(C)=CCNc1ncc(Br)cc1F. The molecule has 0 radical (unpaired) electrons. The zero-order valence-electron chi connectivity index (χ0n) is 8.14. The maximum atomic E-state index is 13.2. The van der Waals surface area contributed by atoms with E-state index in [4.69, 9.17) is 0 Å². The predicted molar refractivity (Wildman–Crippen MR) is 59.8 cm³/mol. The van der Waals surface area contributed by atoms with Crippen molar-refractivity contribution in [1.29, 1.82) is 0 Å². The van der Waals surface area contributed by atoms with Crippen LogP contribution in [0, 0.1) is 5.82 Å². The van der Waals surface area contributed by atoms with Crippen LogP contribution < -0.4 is 5.32 Å². The van der Waals surface area contributed by atoms with E-state index in [-0.39, 0.29) is 11.6 Å². The van der Waals surface area contributed by atoms with Crippen molar-refractivity contribution < 1.29 is 4.39 Å². The molecule has 0 aliphatic carbocycles. The Morgan fingerprint density at radius 2 is 2.36 bits per heavy atom. The summed E-state index contributed by atoms with van der Waals surface area (Å²) < 4.78 is 13.8. The van der Waals surface area contributed by atoms with Crippen molar-refractivity contribution in [1.82, 2.24) is 4.98 Å². The molecule has 1 N–H and O–H groups in total. The van der Waals surface area contributed by atoms with E-state index in [0.29, 0.717) is 11.0 Å². The fraction of sp³-hybridized carbons (Fsp3) is 0.300. The van der Waals surface area contributed by atoms with Crippen molar-refractivity contribution in [3.63, 3.8) is 0 Å². The normalized spacial score (nSPS) is 9.71. The number of aromatic nitrogens is 1. The van der Waals surface area contributed by atoms with Crippen molar-refractivity contribution in [2.75, 3.05) is 11.9 Å². The number of anilines is 1. The van der Waals surface area contributed by atoms with Crippen LogP contribution in [0.4, 0.5) is 10.2 Å². The molecule has 0 amide bonds. The molecule has 0 unspecified atom stereocenters. The average molecular weight is 259 g/mol. The lowest BCUT2D eigenvalue weighted by atomic mass is 10.3. The van der Waals surface area contributed by atoms with E-state index in [0.717, 1.165) is 0 Å². The van der Waals surface area contributed by atoms with E-state index in [1.54, 1.807) is 6.20 Å². The van der Waals surface area contributed by atoms with Gasteiger partial charge in [-0.1, -0.05) is 11.6 Å². The molecule has 0 atom stereocenters. The largest absolute Gasteiger partial charge is 0.364 e. The highest BCUT2D eigenvalue weighted by Gasteiger charge is 2.01. The number of halogens is 2. The summed E-state index contributed by atoms with van der Waals surface area (Å²) in [6.45, 7) is 4.58. The van der Waals surface area contributed by atoms with Gasteiger partial charge in [0.2, 0.25) is 0 Å². The van der Waals surface area contributed by atoms with Crippen molar-refractivity contribution in [2.45, 2.75) is 13.8 Å². The summed E-state index contributed by atoms with van der Waals surface area (Å²) in [6, 6.07) is 1.39. The van der Waals surface area contributed by atoms with Crippen molar-refractivity contribution in [3.05, 3.63) is 34.2 Å². The first kappa shape index (κ1) is 11.2. The lowest BCUT2D eigenvalue weighted by Crippen LogP contribution is -2.03. The van der Waals surface area contributed by atoms with Crippen molar-refractivity contribution in [3.8, 4) is 0 Å². The lowest BCUT2D eigenvalue weighted by molar-refractivity contribution is 0.624. The molecule has 76 valence electrons. The fourth-order valence-electron chi connectivity index (χ4n) is 0.896. The maximum absolute atomic E-state index is 13.2. The molecule has 0 aromatic carbocycles. The van der Waals surface area contributed by atoms with E-state index in [1.165, 1.54) is 11.6 Å². The monoisotopic (exact) mass is 258 g/mol. The van der Waals surface area contributed by atoms with Crippen molar-refractivity contribution in [2.24, 2.45) is 0 Å². The number of allylic oxidation sites excluding steroid dienone is 1. The molecular weight excluding hydrogens is 247 g/mol. The second kappa shape index (κ2) is 5.10. The molecule has 0 bridgehead atoms. The molecule has 0 saturated heterocycles. The maximum Gasteiger partial charge on any atom is 0.166 e. The van der Waals surface area contributed by atoms with Gasteiger partial charge in [-0.05, 0) is 35.8 Å². The van der Waals surface area contributed by atoms with Gasteiger partial charge in [0.1, 0.15) is 0 Å². The smallest absolute Gasteiger partial charge is 0.166 e. The van der Waals surface area contributed by atoms with E-state index in [1.807, 2.05) is 19.9 Å². The van der Waals surface area contributed by atoms with E-state index in [2.05, 4.69) is 26.2 Å². The summed E-state index contributed by atoms with van der Waals surface area (Å²) in [5.41, 5.74) is 1.19. The molecule has 0 aliphatic heterocycles. The topological polar surface area (TPSA) is 24.9 Å². The summed E-state index contributed by atoms with van der Waals surface area (Å²) in [5.74, 6) is -0.0627. The third kappa shape index (κ3) is 3.46. The number of pyridine rings is 1. The molecule has 0 saturated carbocycles. The van der Waals surface area contributed by atoms with Crippen LogP contribution in [0.1, 0.15) is 13.8 Å². The van der Waals surface area contributed by atoms with Crippen molar-refractivity contribution >= 4 is 21.7 Å². The fourth-order valence-corrected chi connectivity index (χ4v) is 1.20. The molecule has 0 fully saturated rings. The molecule has 14 heavy (non-hydrogen) atoms. The highest BCUT2D eigenvalue weighted by atomic mass is 79.9. The number of hydrogen-bond donors (Lipinski definition) is 1. The Labute approximate surface area is 91.4 Å². The van der Waals surface area contributed by atoms with Crippen LogP contribution in [0.25, 0.3) is 0 Å². The molecule has 1 aromatic rings. The average Bonchev–Trinajstić information content (AvgIpc) is 2.08. The van der Waals surface area contributed by atoms with Gasteiger partial charge < -0.3 is 5.32 Å². The molecule has 0 aliphatic rings. The number of nitrogens with one attached hydrogen (secondary N) is 1. The van der Waals surface area contributed by atoms with Crippen LogP contribution in [0.2, 0.25) is 0 Å². The number of hydrogen-bond acceptors (Lipinski definition) is 2. The molecule has 2 nitrogen and oxygen atoms in total. The van der Waals surface area contributed by atoms with Crippen LogP contribution in [0.3, 0.4) is 0 Å². The summed E-state index contributed by atoms with van der Waals surface area (Å²) in [4.78, 5) is 3.91. The highest BCUT2D eigenvalue weighted by Crippen LogP contribution is 2.15. The molecule has 1 heterocycles. The van der Waals surface area contributed by atoms with Gasteiger partial charge in [-0.2, -0.15) is 0 Å². The summed E-state index contributed by atoms with van der Waals surface area (Å²) >= 11 is 3.15. The molecule has 1 rings (SSSR count). The standard InChI is InChI=1S/C10H12BrFN2/c1-7(2)3-4-13-10-9(12)5-8(11)6-14-10/h3,5-6H,4H2,1-2H3,(H,13,14). The van der Waals surface area contributed by atoms with Gasteiger partial charge in [-0.3, -0.25) is 0 Å². The molecule has 4 heteroatoms. The Balaban J connectivity index is 2.64. The van der Waals surface area contributed by atoms with E-state index < -0.39 is 0 Å². The first-order valence-electron chi connectivity index (χ1n) is 4.28. The summed E-state index contributed by atoms with van der Waals surface area (Å²) in [7, 11) is 0. The lowest BCUT2D eigenvalue weighted by Gasteiger charge is -2.03. The van der Waals surface area contributed by atoms with E-state index in [9.17, 15) is 4.39 Å². The molecular formula is C10H12BrFN2. The third-order valence-corrected chi connectivity index (χ3v) is 2.02. The Bertz CT molecular complexity index is 346.